The first-order valence-corrected chi connectivity index (χ1v) is 9.29. The van der Waals surface area contributed by atoms with E-state index in [0.29, 0.717) is 10.9 Å². The normalized spacial score (nSPS) is 26.1. The number of thiocarbonyl (C=S) groups is 1. The van der Waals surface area contributed by atoms with Crippen LogP contribution in [0, 0.1) is 29.9 Å². The number of anilines is 1. The molecule has 2 bridgehead atoms. The van der Waals surface area contributed by atoms with Gasteiger partial charge < -0.3 is 10.1 Å². The van der Waals surface area contributed by atoms with Gasteiger partial charge in [0.1, 0.15) is 5.75 Å². The van der Waals surface area contributed by atoms with E-state index in [9.17, 15) is 10.1 Å². The summed E-state index contributed by atoms with van der Waals surface area (Å²) in [6.45, 7) is 8.26. The number of hydrogen-bond donors (Lipinski definition) is 1. The van der Waals surface area contributed by atoms with Crippen LogP contribution in [0.5, 0.6) is 5.75 Å². The van der Waals surface area contributed by atoms with Gasteiger partial charge in [0.2, 0.25) is 0 Å². The molecule has 1 saturated heterocycles. The fourth-order valence-corrected chi connectivity index (χ4v) is 4.46. The van der Waals surface area contributed by atoms with E-state index in [0.717, 1.165) is 16.8 Å². The van der Waals surface area contributed by atoms with Crippen molar-refractivity contribution in [3.05, 3.63) is 63.2 Å². The number of nitrogens with zero attached hydrogens (tertiary/aromatic N) is 2. The average Bonchev–Trinajstić information content (AvgIpc) is 2.61. The molecule has 3 atom stereocenters. The average molecular weight is 383 g/mol. The molecule has 1 N–H and O–H groups in total. The van der Waals surface area contributed by atoms with E-state index in [1.807, 2.05) is 24.0 Å². The van der Waals surface area contributed by atoms with Crippen molar-refractivity contribution in [2.75, 3.05) is 4.90 Å². The summed E-state index contributed by atoms with van der Waals surface area (Å²) in [5.41, 5.74) is 3.46. The van der Waals surface area contributed by atoms with Crippen molar-refractivity contribution in [1.82, 2.24) is 5.32 Å². The number of hydrogen-bond acceptors (Lipinski definition) is 4. The highest BCUT2D eigenvalue weighted by Gasteiger charge is 2.54. The Hall–Kier alpha value is -2.67. The third kappa shape index (κ3) is 2.49. The van der Waals surface area contributed by atoms with Crippen LogP contribution < -0.4 is 15.0 Å². The summed E-state index contributed by atoms with van der Waals surface area (Å²) in [5, 5.41) is 15.1. The fourth-order valence-electron chi connectivity index (χ4n) is 4.06. The molecule has 2 aromatic carbocycles. The summed E-state index contributed by atoms with van der Waals surface area (Å²) in [7, 11) is 0. The van der Waals surface area contributed by atoms with E-state index in [2.05, 4.69) is 32.2 Å². The Morgan fingerprint density at radius 1 is 1.30 bits per heavy atom. The second-order valence-electron chi connectivity index (χ2n) is 7.41. The van der Waals surface area contributed by atoms with Gasteiger partial charge in [0, 0.05) is 23.6 Å². The topological polar surface area (TPSA) is 67.6 Å². The Morgan fingerprint density at radius 2 is 2.04 bits per heavy atom. The van der Waals surface area contributed by atoms with E-state index >= 15 is 0 Å². The molecule has 2 aliphatic heterocycles. The first-order valence-electron chi connectivity index (χ1n) is 8.88. The standard InChI is InChI=1S/C20H21N3O3S/c1-11-6-5-7-16(12(11)2)22-19(27)21-18-13(3)20(22,4)26-17-9-8-14(23(24)25)10-15(17)18/h5-10,13,18H,1-4H3,(H,21,27)/t13-,18+,20-/m0/s1. The number of ether oxygens (including phenoxy) is 1. The molecule has 4 rings (SSSR count). The SMILES string of the molecule is Cc1cccc(N2C(=S)N[C@H]3c4cc([N+](=O)[O-])ccc4O[C@@]2(C)[C@H]3C)c1C. The molecular weight excluding hydrogens is 362 g/mol. The zero-order chi connectivity index (χ0) is 19.5. The number of rotatable bonds is 2. The van der Waals surface area contributed by atoms with Crippen molar-refractivity contribution in [3.63, 3.8) is 0 Å². The summed E-state index contributed by atoms with van der Waals surface area (Å²) < 4.78 is 6.45. The quantitative estimate of drug-likeness (QED) is 0.471. The maximum atomic E-state index is 11.2. The zero-order valence-corrected chi connectivity index (χ0v) is 16.5. The maximum absolute atomic E-state index is 11.2. The highest BCUT2D eigenvalue weighted by Crippen LogP contribution is 2.50. The third-order valence-corrected chi connectivity index (χ3v) is 6.24. The van der Waals surface area contributed by atoms with Crippen molar-refractivity contribution >= 4 is 28.7 Å². The number of nitrogens with one attached hydrogen (secondary N) is 1. The van der Waals surface area contributed by atoms with Crippen LogP contribution in [0.2, 0.25) is 0 Å². The summed E-state index contributed by atoms with van der Waals surface area (Å²) in [5.74, 6) is 0.662. The summed E-state index contributed by atoms with van der Waals surface area (Å²) in [6, 6.07) is 10.7. The highest BCUT2D eigenvalue weighted by atomic mass is 32.1. The van der Waals surface area contributed by atoms with Crippen LogP contribution in [-0.4, -0.2) is 15.8 Å². The smallest absolute Gasteiger partial charge is 0.270 e. The minimum atomic E-state index is -0.700. The predicted octanol–water partition coefficient (Wildman–Crippen LogP) is 4.39. The van der Waals surface area contributed by atoms with E-state index in [-0.39, 0.29) is 22.6 Å². The molecule has 0 amide bonds. The lowest BCUT2D eigenvalue weighted by molar-refractivity contribution is -0.385. The lowest BCUT2D eigenvalue weighted by Gasteiger charge is -2.56. The summed E-state index contributed by atoms with van der Waals surface area (Å²) in [6.07, 6.45) is 0. The molecule has 140 valence electrons. The molecule has 2 aromatic rings. The number of aryl methyl sites for hydroxylation is 1. The Bertz CT molecular complexity index is 977. The minimum absolute atomic E-state index is 0.0126. The van der Waals surface area contributed by atoms with Crippen LogP contribution in [0.1, 0.15) is 36.6 Å². The van der Waals surface area contributed by atoms with E-state index in [1.54, 1.807) is 12.1 Å². The van der Waals surface area contributed by atoms with Gasteiger partial charge >= 0.3 is 0 Å². The van der Waals surface area contributed by atoms with Crippen LogP contribution in [0.15, 0.2) is 36.4 Å². The van der Waals surface area contributed by atoms with Gasteiger partial charge in [0.15, 0.2) is 10.8 Å². The van der Waals surface area contributed by atoms with Crippen LogP contribution in [0.3, 0.4) is 0 Å². The lowest BCUT2D eigenvalue weighted by Crippen LogP contribution is -2.69. The third-order valence-electron chi connectivity index (χ3n) is 5.94. The molecule has 0 radical (unpaired) electrons. The second-order valence-corrected chi connectivity index (χ2v) is 7.79. The number of benzene rings is 2. The largest absolute Gasteiger partial charge is 0.467 e. The van der Waals surface area contributed by atoms with Crippen molar-refractivity contribution in [2.24, 2.45) is 5.92 Å². The van der Waals surface area contributed by atoms with Crippen molar-refractivity contribution in [3.8, 4) is 5.75 Å². The van der Waals surface area contributed by atoms with Crippen molar-refractivity contribution in [1.29, 1.82) is 0 Å². The van der Waals surface area contributed by atoms with Crippen molar-refractivity contribution < 1.29 is 9.66 Å². The predicted molar refractivity (Wildman–Crippen MR) is 108 cm³/mol. The minimum Gasteiger partial charge on any atom is -0.467 e. The van der Waals surface area contributed by atoms with Gasteiger partial charge in [-0.15, -0.1) is 0 Å². The van der Waals surface area contributed by atoms with Crippen LogP contribution in [-0.2, 0) is 0 Å². The number of nitro groups is 1. The zero-order valence-electron chi connectivity index (χ0n) is 15.6. The van der Waals surface area contributed by atoms with E-state index < -0.39 is 5.72 Å². The molecule has 0 aromatic heterocycles. The first-order chi connectivity index (χ1) is 12.7. The van der Waals surface area contributed by atoms with Gasteiger partial charge in [-0.25, -0.2) is 0 Å². The summed E-state index contributed by atoms with van der Waals surface area (Å²) in [4.78, 5) is 12.8. The Morgan fingerprint density at radius 3 is 2.74 bits per heavy atom. The van der Waals surface area contributed by atoms with Gasteiger partial charge in [-0.1, -0.05) is 19.1 Å². The van der Waals surface area contributed by atoms with Crippen LogP contribution >= 0.6 is 12.2 Å². The molecule has 0 spiro atoms. The van der Waals surface area contributed by atoms with Gasteiger partial charge in [-0.2, -0.15) is 0 Å². The van der Waals surface area contributed by atoms with Crippen LogP contribution in [0.4, 0.5) is 11.4 Å². The molecule has 27 heavy (non-hydrogen) atoms. The molecule has 6 nitrogen and oxygen atoms in total. The fraction of sp³-hybridized carbons (Fsp3) is 0.350. The Balaban J connectivity index is 1.86. The van der Waals surface area contributed by atoms with E-state index in [4.69, 9.17) is 17.0 Å². The number of nitro benzene ring substituents is 1. The molecule has 2 aliphatic rings. The highest BCUT2D eigenvalue weighted by molar-refractivity contribution is 7.80. The molecule has 0 saturated carbocycles. The van der Waals surface area contributed by atoms with Gasteiger partial charge in [-0.05, 0) is 56.2 Å². The van der Waals surface area contributed by atoms with Crippen LogP contribution in [0.25, 0.3) is 0 Å². The van der Waals surface area contributed by atoms with Gasteiger partial charge in [0.05, 0.1) is 16.7 Å². The molecular formula is C20H21N3O3S. The first kappa shape index (κ1) is 17.7. The molecule has 0 unspecified atom stereocenters. The number of fused-ring (bicyclic) bond motifs is 4. The molecule has 2 heterocycles. The maximum Gasteiger partial charge on any atom is 0.270 e. The van der Waals surface area contributed by atoms with Gasteiger partial charge in [-0.3, -0.25) is 15.0 Å². The Labute approximate surface area is 163 Å². The monoisotopic (exact) mass is 383 g/mol. The van der Waals surface area contributed by atoms with E-state index in [1.165, 1.54) is 11.6 Å². The lowest BCUT2D eigenvalue weighted by atomic mass is 9.80. The summed E-state index contributed by atoms with van der Waals surface area (Å²) >= 11 is 5.71. The molecule has 7 heteroatoms. The van der Waals surface area contributed by atoms with Crippen molar-refractivity contribution in [2.45, 2.75) is 39.5 Å². The Kier molecular flexibility index (Phi) is 3.89. The number of non-ortho nitro benzene ring substituents is 1. The van der Waals surface area contributed by atoms with Gasteiger partial charge in [0.25, 0.3) is 5.69 Å². The second kappa shape index (κ2) is 5.92. The molecule has 0 aliphatic carbocycles. The molecule has 1 fully saturated rings.